The largest absolute Gasteiger partial charge is 0.252 e. The van der Waals surface area contributed by atoms with Gasteiger partial charge < -0.3 is 0 Å². The van der Waals surface area contributed by atoms with Crippen LogP contribution in [0.25, 0.3) is 21.7 Å². The van der Waals surface area contributed by atoms with Gasteiger partial charge in [0.15, 0.2) is 0 Å². The number of hydrogen-bond acceptors (Lipinski definition) is 1. The molecule has 1 heterocycles. The molecule has 0 amide bonds. The van der Waals surface area contributed by atoms with Crippen molar-refractivity contribution in [1.82, 2.24) is 4.98 Å². The number of hydrogen-bond donors (Lipinski definition) is 0. The van der Waals surface area contributed by atoms with Crippen LogP contribution in [0.5, 0.6) is 0 Å². The predicted octanol–water partition coefficient (Wildman–Crippen LogP) is 5.14. The van der Waals surface area contributed by atoms with E-state index in [1.165, 1.54) is 53.1 Å². The summed E-state index contributed by atoms with van der Waals surface area (Å²) in [6.07, 6.45) is 5.43. The molecule has 2 bridgehead atoms. The molecule has 0 radical (unpaired) electrons. The summed E-state index contributed by atoms with van der Waals surface area (Å²) in [4.78, 5) is 5.13. The minimum Gasteiger partial charge on any atom is -0.252 e. The van der Waals surface area contributed by atoms with Crippen LogP contribution >= 0.6 is 0 Å². The lowest BCUT2D eigenvalue weighted by atomic mass is 9.87. The van der Waals surface area contributed by atoms with Crippen molar-refractivity contribution in [3.63, 3.8) is 0 Å². The van der Waals surface area contributed by atoms with Crippen molar-refractivity contribution >= 4 is 21.7 Å². The first-order chi connectivity index (χ1) is 9.90. The molecule has 0 saturated heterocycles. The summed E-state index contributed by atoms with van der Waals surface area (Å²) in [6, 6.07) is 15.5. The second-order valence-corrected chi connectivity index (χ2v) is 6.38. The second kappa shape index (κ2) is 3.82. The Morgan fingerprint density at radius 2 is 1.75 bits per heavy atom. The van der Waals surface area contributed by atoms with Crippen LogP contribution in [0, 0.1) is 0 Å². The van der Waals surface area contributed by atoms with Gasteiger partial charge in [-0.25, -0.2) is 0 Å². The smallest absolute Gasteiger partial charge is 0.0783 e. The summed E-state index contributed by atoms with van der Waals surface area (Å²) in [5.41, 5.74) is 4.17. The third-order valence-corrected chi connectivity index (χ3v) is 5.27. The number of benzene rings is 2. The van der Waals surface area contributed by atoms with Crippen molar-refractivity contribution in [2.24, 2.45) is 0 Å². The Morgan fingerprint density at radius 3 is 2.75 bits per heavy atom. The molecule has 2 atom stereocenters. The van der Waals surface area contributed by atoms with Gasteiger partial charge in [-0.1, -0.05) is 42.8 Å². The van der Waals surface area contributed by atoms with Gasteiger partial charge >= 0.3 is 0 Å². The monoisotopic (exact) mass is 259 g/mol. The molecule has 1 fully saturated rings. The highest BCUT2D eigenvalue weighted by molar-refractivity contribution is 6.05. The van der Waals surface area contributed by atoms with Crippen molar-refractivity contribution in [2.75, 3.05) is 0 Å². The fourth-order valence-electron chi connectivity index (χ4n) is 4.31. The van der Waals surface area contributed by atoms with Crippen LogP contribution in [0.2, 0.25) is 0 Å². The highest BCUT2D eigenvalue weighted by Crippen LogP contribution is 2.50. The van der Waals surface area contributed by atoms with Crippen LogP contribution in [0.1, 0.15) is 48.8 Å². The zero-order chi connectivity index (χ0) is 13.1. The van der Waals surface area contributed by atoms with E-state index in [0.717, 1.165) is 11.8 Å². The van der Waals surface area contributed by atoms with Gasteiger partial charge in [0.2, 0.25) is 0 Å². The van der Waals surface area contributed by atoms with E-state index in [0.29, 0.717) is 0 Å². The minimum absolute atomic E-state index is 0.729. The van der Waals surface area contributed by atoms with Crippen molar-refractivity contribution in [3.05, 3.63) is 53.7 Å². The Kier molecular flexibility index (Phi) is 2.07. The molecule has 2 aliphatic rings. The van der Waals surface area contributed by atoms with Crippen LogP contribution in [0.15, 0.2) is 42.5 Å². The number of aromatic nitrogens is 1. The van der Waals surface area contributed by atoms with Crippen molar-refractivity contribution in [2.45, 2.75) is 37.5 Å². The molecule has 1 nitrogen and oxygen atoms in total. The third kappa shape index (κ3) is 1.35. The van der Waals surface area contributed by atoms with E-state index in [1.807, 2.05) is 0 Å². The zero-order valence-corrected chi connectivity index (χ0v) is 11.5. The number of fused-ring (bicyclic) bond motifs is 8. The first kappa shape index (κ1) is 10.8. The first-order valence-electron chi connectivity index (χ1n) is 7.72. The van der Waals surface area contributed by atoms with Gasteiger partial charge in [-0.2, -0.15) is 0 Å². The number of nitrogens with zero attached hydrogens (tertiary/aromatic N) is 1. The summed E-state index contributed by atoms with van der Waals surface area (Å²) < 4.78 is 0. The van der Waals surface area contributed by atoms with Crippen molar-refractivity contribution in [1.29, 1.82) is 0 Å². The molecular formula is C19H17N. The highest BCUT2D eigenvalue weighted by Gasteiger charge is 2.35. The molecule has 0 N–H and O–H groups in total. The molecule has 2 aromatic carbocycles. The van der Waals surface area contributed by atoms with Crippen LogP contribution in [0.4, 0.5) is 0 Å². The highest BCUT2D eigenvalue weighted by atomic mass is 14.7. The van der Waals surface area contributed by atoms with E-state index in [1.54, 1.807) is 5.56 Å². The molecule has 0 aliphatic heterocycles. The fraction of sp³-hybridized carbons (Fsp3) is 0.316. The van der Waals surface area contributed by atoms with Gasteiger partial charge in [0.05, 0.1) is 5.52 Å². The molecule has 20 heavy (non-hydrogen) atoms. The Hall–Kier alpha value is -1.89. The van der Waals surface area contributed by atoms with E-state index >= 15 is 0 Å². The Labute approximate surface area is 118 Å². The molecule has 5 rings (SSSR count). The maximum Gasteiger partial charge on any atom is 0.0783 e. The third-order valence-electron chi connectivity index (χ3n) is 5.27. The van der Waals surface area contributed by atoms with Gasteiger partial charge in [0, 0.05) is 22.4 Å². The first-order valence-corrected chi connectivity index (χ1v) is 7.72. The molecule has 0 spiro atoms. The molecule has 3 aromatic rings. The maximum atomic E-state index is 5.13. The second-order valence-electron chi connectivity index (χ2n) is 6.38. The summed E-state index contributed by atoms with van der Waals surface area (Å²) >= 11 is 0. The lowest BCUT2D eigenvalue weighted by Crippen LogP contribution is -2.01. The SMILES string of the molecule is c1ccc2c(c1)ccc1cc3c(nc12)C1CCCC3C1. The van der Waals surface area contributed by atoms with Crippen LogP contribution in [-0.2, 0) is 0 Å². The Bertz CT molecular complexity index is 834. The Morgan fingerprint density at radius 1 is 0.900 bits per heavy atom. The Balaban J connectivity index is 1.88. The molecule has 98 valence electrons. The van der Waals surface area contributed by atoms with Crippen molar-refractivity contribution in [3.8, 4) is 0 Å². The van der Waals surface area contributed by atoms with Crippen LogP contribution in [0.3, 0.4) is 0 Å². The summed E-state index contributed by atoms with van der Waals surface area (Å²) in [5.74, 6) is 1.51. The van der Waals surface area contributed by atoms with Crippen LogP contribution in [-0.4, -0.2) is 4.98 Å². The van der Waals surface area contributed by atoms with Gasteiger partial charge in [-0.05, 0) is 42.2 Å². The maximum absolute atomic E-state index is 5.13. The minimum atomic E-state index is 0.729. The average molecular weight is 259 g/mol. The molecule has 1 heteroatoms. The molecule has 2 aliphatic carbocycles. The summed E-state index contributed by atoms with van der Waals surface area (Å²) in [5, 5.41) is 3.91. The topological polar surface area (TPSA) is 12.9 Å². The average Bonchev–Trinajstić information content (AvgIpc) is 2.76. The molecule has 2 unspecified atom stereocenters. The number of rotatable bonds is 0. The molecular weight excluding hydrogens is 242 g/mol. The van der Waals surface area contributed by atoms with E-state index in [-0.39, 0.29) is 0 Å². The quantitative estimate of drug-likeness (QED) is 0.509. The summed E-state index contributed by atoms with van der Waals surface area (Å²) in [6.45, 7) is 0. The van der Waals surface area contributed by atoms with E-state index in [4.69, 9.17) is 4.98 Å². The van der Waals surface area contributed by atoms with E-state index < -0.39 is 0 Å². The standard InChI is InChI=1S/C19H17N/c1-2-7-16-12(4-1)8-9-15-11-17-13-5-3-6-14(10-13)19(17)20-18(15)16/h1-2,4,7-9,11,13-14H,3,5-6,10H2. The normalized spacial score (nSPS) is 24.2. The molecule has 1 saturated carbocycles. The van der Waals surface area contributed by atoms with Gasteiger partial charge in [0.1, 0.15) is 0 Å². The zero-order valence-electron chi connectivity index (χ0n) is 11.5. The number of pyridine rings is 1. The van der Waals surface area contributed by atoms with Gasteiger partial charge in [-0.15, -0.1) is 0 Å². The van der Waals surface area contributed by atoms with Gasteiger partial charge in [-0.3, -0.25) is 4.98 Å². The predicted molar refractivity (Wildman–Crippen MR) is 83.2 cm³/mol. The van der Waals surface area contributed by atoms with Crippen LogP contribution < -0.4 is 0 Å². The van der Waals surface area contributed by atoms with Crippen molar-refractivity contribution < 1.29 is 0 Å². The van der Waals surface area contributed by atoms with Gasteiger partial charge in [0.25, 0.3) is 0 Å². The lowest BCUT2D eigenvalue weighted by molar-refractivity contribution is 0.433. The fourth-order valence-corrected chi connectivity index (χ4v) is 4.31. The summed E-state index contributed by atoms with van der Waals surface area (Å²) in [7, 11) is 0. The van der Waals surface area contributed by atoms with E-state index in [9.17, 15) is 0 Å². The van der Waals surface area contributed by atoms with E-state index in [2.05, 4.69) is 42.5 Å². The lowest BCUT2D eigenvalue weighted by Gasteiger charge is -2.17. The molecule has 1 aromatic heterocycles.